The smallest absolute Gasteiger partial charge is 0.410 e. The third kappa shape index (κ3) is 4.60. The SMILES string of the molecule is COc1ccc(C2CCN(S(=O)(=O)C3CN(C(=O)OC(C)(C)C)C3)CC2)cc1. The normalized spacial score (nSPS) is 19.9. The molecular formula is C20H30N2O5S. The first-order chi connectivity index (χ1) is 13.1. The van der Waals surface area contributed by atoms with Crippen LogP contribution in [-0.4, -0.2) is 67.9 Å². The van der Waals surface area contributed by atoms with Gasteiger partial charge in [-0.1, -0.05) is 12.1 Å². The van der Waals surface area contributed by atoms with E-state index < -0.39 is 27.0 Å². The molecule has 2 saturated heterocycles. The summed E-state index contributed by atoms with van der Waals surface area (Å²) in [6, 6.07) is 7.99. The van der Waals surface area contributed by atoms with Crippen molar-refractivity contribution in [2.24, 2.45) is 0 Å². The molecule has 0 spiro atoms. The Balaban J connectivity index is 1.52. The number of hydrogen-bond donors (Lipinski definition) is 0. The summed E-state index contributed by atoms with van der Waals surface area (Å²) in [5, 5.41) is -0.530. The number of ether oxygens (including phenoxy) is 2. The van der Waals surface area contributed by atoms with E-state index in [1.54, 1.807) is 32.2 Å². The zero-order chi connectivity index (χ0) is 20.5. The van der Waals surface area contributed by atoms with Crippen molar-refractivity contribution in [1.82, 2.24) is 9.21 Å². The van der Waals surface area contributed by atoms with Gasteiger partial charge in [-0.25, -0.2) is 17.5 Å². The Kier molecular flexibility index (Phi) is 5.91. The number of nitrogens with zero attached hydrogens (tertiary/aromatic N) is 2. The number of sulfonamides is 1. The Morgan fingerprint density at radius 3 is 2.14 bits per heavy atom. The molecule has 2 fully saturated rings. The maximum absolute atomic E-state index is 12.9. The molecule has 2 aliphatic heterocycles. The van der Waals surface area contributed by atoms with Crippen LogP contribution in [0.25, 0.3) is 0 Å². The average molecular weight is 411 g/mol. The van der Waals surface area contributed by atoms with Crippen LogP contribution in [0.15, 0.2) is 24.3 Å². The van der Waals surface area contributed by atoms with Gasteiger partial charge in [-0.2, -0.15) is 0 Å². The predicted octanol–water partition coefficient (Wildman–Crippen LogP) is 2.82. The van der Waals surface area contributed by atoms with Gasteiger partial charge in [0, 0.05) is 26.2 Å². The zero-order valence-electron chi connectivity index (χ0n) is 17.1. The molecule has 0 bridgehead atoms. The summed E-state index contributed by atoms with van der Waals surface area (Å²) < 4.78 is 37.8. The molecule has 0 saturated carbocycles. The van der Waals surface area contributed by atoms with Crippen molar-refractivity contribution in [3.8, 4) is 5.75 Å². The van der Waals surface area contributed by atoms with E-state index in [0.717, 1.165) is 18.6 Å². The molecule has 0 aliphatic carbocycles. The fourth-order valence-electron chi connectivity index (χ4n) is 3.63. The van der Waals surface area contributed by atoms with Crippen molar-refractivity contribution in [1.29, 1.82) is 0 Å². The highest BCUT2D eigenvalue weighted by Gasteiger charge is 2.44. The van der Waals surface area contributed by atoms with Gasteiger partial charge in [-0.3, -0.25) is 0 Å². The van der Waals surface area contributed by atoms with Crippen molar-refractivity contribution in [3.63, 3.8) is 0 Å². The number of amides is 1. The van der Waals surface area contributed by atoms with E-state index in [1.165, 1.54) is 10.5 Å². The quantitative estimate of drug-likeness (QED) is 0.763. The summed E-state index contributed by atoms with van der Waals surface area (Å²) in [6.45, 7) is 6.83. The second kappa shape index (κ2) is 7.91. The minimum Gasteiger partial charge on any atom is -0.497 e. The monoisotopic (exact) mass is 410 g/mol. The Hall–Kier alpha value is -1.80. The highest BCUT2D eigenvalue weighted by molar-refractivity contribution is 7.89. The number of methoxy groups -OCH3 is 1. The first-order valence-electron chi connectivity index (χ1n) is 9.71. The average Bonchev–Trinajstić information content (AvgIpc) is 2.59. The van der Waals surface area contributed by atoms with Crippen LogP contribution in [0.1, 0.15) is 45.1 Å². The fourth-order valence-corrected chi connectivity index (χ4v) is 5.51. The van der Waals surface area contributed by atoms with Crippen LogP contribution in [-0.2, 0) is 14.8 Å². The van der Waals surface area contributed by atoms with Gasteiger partial charge in [0.05, 0.1) is 7.11 Å². The molecule has 1 amide bonds. The zero-order valence-corrected chi connectivity index (χ0v) is 17.9. The number of carbonyl (C=O) groups excluding carboxylic acids is 1. The third-order valence-corrected chi connectivity index (χ3v) is 7.55. The molecule has 7 nitrogen and oxygen atoms in total. The standard InChI is InChI=1S/C20H30N2O5S/c1-20(2,3)27-19(23)21-13-18(14-21)28(24,25)22-11-9-16(10-12-22)15-5-7-17(26-4)8-6-15/h5-8,16,18H,9-14H2,1-4H3. The lowest BCUT2D eigenvalue weighted by Gasteiger charge is -2.42. The highest BCUT2D eigenvalue weighted by atomic mass is 32.2. The third-order valence-electron chi connectivity index (χ3n) is 5.32. The Morgan fingerprint density at radius 1 is 1.07 bits per heavy atom. The molecule has 1 aromatic carbocycles. The van der Waals surface area contributed by atoms with E-state index in [2.05, 4.69) is 12.1 Å². The second-order valence-corrected chi connectivity index (χ2v) is 10.7. The summed E-state index contributed by atoms with van der Waals surface area (Å²) in [6.07, 6.45) is 1.15. The van der Waals surface area contributed by atoms with Crippen LogP contribution >= 0.6 is 0 Å². The van der Waals surface area contributed by atoms with E-state index in [1.807, 2.05) is 12.1 Å². The summed E-state index contributed by atoms with van der Waals surface area (Å²) in [5.41, 5.74) is 0.641. The van der Waals surface area contributed by atoms with Crippen molar-refractivity contribution in [2.75, 3.05) is 33.3 Å². The number of likely N-dealkylation sites (tertiary alicyclic amines) is 1. The molecule has 2 heterocycles. The van der Waals surface area contributed by atoms with Gasteiger partial charge in [0.2, 0.25) is 10.0 Å². The number of carbonyl (C=O) groups is 1. The summed E-state index contributed by atoms with van der Waals surface area (Å²) in [4.78, 5) is 13.5. The second-order valence-electron chi connectivity index (χ2n) is 8.50. The lowest BCUT2D eigenvalue weighted by atomic mass is 9.90. The maximum Gasteiger partial charge on any atom is 0.410 e. The Labute approximate surface area is 167 Å². The number of hydrogen-bond acceptors (Lipinski definition) is 5. The molecule has 2 aliphatic rings. The molecule has 8 heteroatoms. The van der Waals surface area contributed by atoms with Crippen molar-refractivity contribution < 1.29 is 22.7 Å². The van der Waals surface area contributed by atoms with Crippen molar-refractivity contribution in [2.45, 2.75) is 50.4 Å². The Bertz CT molecular complexity index is 787. The van der Waals surface area contributed by atoms with Crippen LogP contribution in [0.5, 0.6) is 5.75 Å². The minimum absolute atomic E-state index is 0.204. The first kappa shape index (κ1) is 20.9. The van der Waals surface area contributed by atoms with Gasteiger partial charge in [0.1, 0.15) is 16.6 Å². The van der Waals surface area contributed by atoms with Gasteiger partial charge in [0.25, 0.3) is 0 Å². The minimum atomic E-state index is -3.39. The first-order valence-corrected chi connectivity index (χ1v) is 11.2. The van der Waals surface area contributed by atoms with Crippen molar-refractivity contribution in [3.05, 3.63) is 29.8 Å². The van der Waals surface area contributed by atoms with Crippen LogP contribution < -0.4 is 4.74 Å². The molecule has 0 aromatic heterocycles. The van der Waals surface area contributed by atoms with E-state index in [-0.39, 0.29) is 13.1 Å². The van der Waals surface area contributed by atoms with E-state index in [4.69, 9.17) is 9.47 Å². The summed E-state index contributed by atoms with van der Waals surface area (Å²) >= 11 is 0. The molecule has 0 radical (unpaired) electrons. The fraction of sp³-hybridized carbons (Fsp3) is 0.650. The molecule has 28 heavy (non-hydrogen) atoms. The number of rotatable bonds is 4. The maximum atomic E-state index is 12.9. The van der Waals surface area contributed by atoms with Gasteiger partial charge >= 0.3 is 6.09 Å². The predicted molar refractivity (Wildman–Crippen MR) is 107 cm³/mol. The van der Waals surface area contributed by atoms with Gasteiger partial charge in [-0.15, -0.1) is 0 Å². The van der Waals surface area contributed by atoms with Gasteiger partial charge < -0.3 is 14.4 Å². The molecule has 0 N–H and O–H groups in total. The van der Waals surface area contributed by atoms with Crippen LogP contribution in [0.4, 0.5) is 4.79 Å². The summed E-state index contributed by atoms with van der Waals surface area (Å²) in [7, 11) is -1.75. The number of piperidine rings is 1. The highest BCUT2D eigenvalue weighted by Crippen LogP contribution is 2.32. The van der Waals surface area contributed by atoms with Crippen LogP contribution in [0.3, 0.4) is 0 Å². The van der Waals surface area contributed by atoms with Gasteiger partial charge in [-0.05, 0) is 57.2 Å². The molecule has 3 rings (SSSR count). The summed E-state index contributed by atoms with van der Waals surface area (Å²) in [5.74, 6) is 1.18. The number of benzene rings is 1. The molecule has 0 atom stereocenters. The van der Waals surface area contributed by atoms with E-state index >= 15 is 0 Å². The van der Waals surface area contributed by atoms with E-state index in [0.29, 0.717) is 19.0 Å². The molecular weight excluding hydrogens is 380 g/mol. The topological polar surface area (TPSA) is 76.2 Å². The molecule has 1 aromatic rings. The molecule has 0 unspecified atom stereocenters. The lowest BCUT2D eigenvalue weighted by Crippen LogP contribution is -2.61. The molecule has 156 valence electrons. The van der Waals surface area contributed by atoms with E-state index in [9.17, 15) is 13.2 Å². The van der Waals surface area contributed by atoms with Crippen molar-refractivity contribution >= 4 is 16.1 Å². The largest absolute Gasteiger partial charge is 0.497 e. The Morgan fingerprint density at radius 2 is 1.64 bits per heavy atom. The van der Waals surface area contributed by atoms with Gasteiger partial charge in [0.15, 0.2) is 0 Å². The van der Waals surface area contributed by atoms with Crippen LogP contribution in [0, 0.1) is 0 Å². The van der Waals surface area contributed by atoms with Crippen LogP contribution in [0.2, 0.25) is 0 Å². The lowest BCUT2D eigenvalue weighted by molar-refractivity contribution is 0.0135.